The van der Waals surface area contributed by atoms with E-state index in [1.165, 1.54) is 11.1 Å². The van der Waals surface area contributed by atoms with E-state index < -0.39 is 0 Å². The zero-order chi connectivity index (χ0) is 17.7. The van der Waals surface area contributed by atoms with Crippen LogP contribution in [0.15, 0.2) is 30.3 Å². The Hall–Kier alpha value is -1.10. The van der Waals surface area contributed by atoms with Crippen molar-refractivity contribution in [3.05, 3.63) is 58.1 Å². The molecule has 1 unspecified atom stereocenters. The molecule has 0 N–H and O–H groups in total. The number of benzene rings is 2. The van der Waals surface area contributed by atoms with Crippen molar-refractivity contribution >= 4 is 19.4 Å². The summed E-state index contributed by atoms with van der Waals surface area (Å²) in [5.74, 6) is 0.798. The van der Waals surface area contributed by atoms with Gasteiger partial charge in [0.05, 0.1) is 6.61 Å². The SMILES string of the molecule is COCCOc1ccc(PC(=O)c2c(C)cc(C)c(C)c2C)cc1.[H-].[Li+]. The standard InChI is InChI=1S/C20H25O3P.Li.H/c1-13-12-14(2)19(16(4)15(13)3)20(21)24-18-8-6-17(7-9-18)23-11-10-22-5;;/h6-9,12,24H,10-11H2,1-5H3;;/q;+1;-1. The molecule has 0 aliphatic carbocycles. The number of hydrogen-bond donors (Lipinski definition) is 0. The molecule has 0 heterocycles. The Balaban J connectivity index is 0.00000312. The first kappa shape index (κ1) is 21.9. The molecule has 0 fully saturated rings. The summed E-state index contributed by atoms with van der Waals surface area (Å²) in [4.78, 5) is 12.8. The van der Waals surface area contributed by atoms with Gasteiger partial charge in [0.25, 0.3) is 0 Å². The Bertz CT molecular complexity index is 733. The fourth-order valence-corrected chi connectivity index (χ4v) is 3.81. The van der Waals surface area contributed by atoms with Crippen LogP contribution in [0.4, 0.5) is 0 Å². The molecule has 2 aromatic carbocycles. The van der Waals surface area contributed by atoms with E-state index in [0.29, 0.717) is 13.2 Å². The first-order valence-electron chi connectivity index (χ1n) is 8.04. The van der Waals surface area contributed by atoms with E-state index in [-0.39, 0.29) is 34.4 Å². The number of carbonyl (C=O) groups excluding carboxylic acids is 1. The minimum Gasteiger partial charge on any atom is -1.00 e. The maximum atomic E-state index is 12.8. The normalized spacial score (nSPS) is 10.8. The van der Waals surface area contributed by atoms with Crippen LogP contribution in [0.25, 0.3) is 0 Å². The van der Waals surface area contributed by atoms with E-state index in [1.807, 2.05) is 38.1 Å². The largest absolute Gasteiger partial charge is 1.00 e. The monoisotopic (exact) mass is 352 g/mol. The van der Waals surface area contributed by atoms with Crippen molar-refractivity contribution in [2.45, 2.75) is 27.7 Å². The predicted octanol–water partition coefficient (Wildman–Crippen LogP) is 1.21. The maximum Gasteiger partial charge on any atom is 1.00 e. The molecule has 0 amide bonds. The van der Waals surface area contributed by atoms with Crippen molar-refractivity contribution < 1.29 is 34.6 Å². The van der Waals surface area contributed by atoms with Crippen molar-refractivity contribution in [3.63, 3.8) is 0 Å². The molecule has 0 saturated carbocycles. The van der Waals surface area contributed by atoms with E-state index in [4.69, 9.17) is 9.47 Å². The van der Waals surface area contributed by atoms with Gasteiger partial charge in [-0.1, -0.05) is 18.2 Å². The summed E-state index contributed by atoms with van der Waals surface area (Å²) in [5.41, 5.74) is 5.67. The molecule has 0 aromatic heterocycles. The van der Waals surface area contributed by atoms with Gasteiger partial charge in [0.1, 0.15) is 12.4 Å². The second-order valence-electron chi connectivity index (χ2n) is 5.96. The number of rotatable bonds is 7. The molecule has 2 aromatic rings. The van der Waals surface area contributed by atoms with Crippen LogP contribution in [0, 0.1) is 27.7 Å². The van der Waals surface area contributed by atoms with E-state index >= 15 is 0 Å². The van der Waals surface area contributed by atoms with Gasteiger partial charge in [-0.15, -0.1) is 0 Å². The average molecular weight is 352 g/mol. The van der Waals surface area contributed by atoms with Crippen LogP contribution in [0.2, 0.25) is 0 Å². The average Bonchev–Trinajstić information content (AvgIpc) is 2.54. The van der Waals surface area contributed by atoms with Crippen LogP contribution < -0.4 is 28.9 Å². The van der Waals surface area contributed by atoms with E-state index in [0.717, 1.165) is 27.7 Å². The van der Waals surface area contributed by atoms with Crippen molar-refractivity contribution in [1.82, 2.24) is 0 Å². The van der Waals surface area contributed by atoms with E-state index in [1.54, 1.807) is 7.11 Å². The molecule has 0 spiro atoms. The maximum absolute atomic E-state index is 12.8. The Morgan fingerprint density at radius 2 is 1.64 bits per heavy atom. The smallest absolute Gasteiger partial charge is 1.00 e. The molecule has 2 rings (SSSR count). The van der Waals surface area contributed by atoms with Crippen LogP contribution in [-0.4, -0.2) is 25.8 Å². The second kappa shape index (κ2) is 10.1. The Labute approximate surface area is 165 Å². The number of aryl methyl sites for hydroxylation is 2. The van der Waals surface area contributed by atoms with Crippen molar-refractivity contribution in [2.75, 3.05) is 20.3 Å². The number of methoxy groups -OCH3 is 1. The van der Waals surface area contributed by atoms with Crippen LogP contribution in [0.3, 0.4) is 0 Å². The molecule has 1 atom stereocenters. The summed E-state index contributed by atoms with van der Waals surface area (Å²) in [6.07, 6.45) is 0. The van der Waals surface area contributed by atoms with Gasteiger partial charge < -0.3 is 10.9 Å². The summed E-state index contributed by atoms with van der Waals surface area (Å²) < 4.78 is 10.5. The third-order valence-electron chi connectivity index (χ3n) is 4.25. The molecule has 0 aliphatic heterocycles. The van der Waals surface area contributed by atoms with Gasteiger partial charge in [-0.25, -0.2) is 0 Å². The zero-order valence-electron chi connectivity index (χ0n) is 17.0. The summed E-state index contributed by atoms with van der Waals surface area (Å²) in [6.45, 7) is 9.32. The minimum atomic E-state index is 0. The summed E-state index contributed by atoms with van der Waals surface area (Å²) in [7, 11) is 1.77. The number of carbonyl (C=O) groups is 1. The second-order valence-corrected chi connectivity index (χ2v) is 7.24. The Kier molecular flexibility index (Phi) is 8.90. The topological polar surface area (TPSA) is 35.5 Å². The molecule has 3 nitrogen and oxygen atoms in total. The first-order valence-corrected chi connectivity index (χ1v) is 9.04. The molecule has 25 heavy (non-hydrogen) atoms. The molecule has 0 aliphatic rings. The predicted molar refractivity (Wildman–Crippen MR) is 103 cm³/mol. The van der Waals surface area contributed by atoms with Crippen LogP contribution in [-0.2, 0) is 4.74 Å². The quantitative estimate of drug-likeness (QED) is 0.427. The fourth-order valence-electron chi connectivity index (χ4n) is 2.70. The van der Waals surface area contributed by atoms with Gasteiger partial charge >= 0.3 is 18.9 Å². The van der Waals surface area contributed by atoms with Crippen molar-refractivity contribution in [1.29, 1.82) is 0 Å². The van der Waals surface area contributed by atoms with Gasteiger partial charge in [0.15, 0.2) is 5.52 Å². The van der Waals surface area contributed by atoms with Crippen molar-refractivity contribution in [2.24, 2.45) is 0 Å². The molecule has 0 bridgehead atoms. The van der Waals surface area contributed by atoms with Gasteiger partial charge in [-0.2, -0.15) is 0 Å². The van der Waals surface area contributed by atoms with E-state index in [9.17, 15) is 4.79 Å². The molecule has 0 saturated heterocycles. The fraction of sp³-hybridized carbons (Fsp3) is 0.350. The molecule has 0 radical (unpaired) electrons. The Morgan fingerprint density at radius 1 is 1.00 bits per heavy atom. The summed E-state index contributed by atoms with van der Waals surface area (Å²) in [6, 6.07) is 9.85. The third kappa shape index (κ3) is 5.70. The van der Waals surface area contributed by atoms with Crippen molar-refractivity contribution in [3.8, 4) is 5.75 Å². The number of hydrogen-bond acceptors (Lipinski definition) is 3. The molecular formula is C20H26LiO3P. The molecule has 5 heteroatoms. The van der Waals surface area contributed by atoms with Gasteiger partial charge in [-0.3, -0.25) is 4.79 Å². The molecule has 130 valence electrons. The first-order chi connectivity index (χ1) is 11.4. The molecular weight excluding hydrogens is 326 g/mol. The van der Waals surface area contributed by atoms with Gasteiger partial charge in [0, 0.05) is 12.7 Å². The Morgan fingerprint density at radius 3 is 2.24 bits per heavy atom. The van der Waals surface area contributed by atoms with E-state index in [2.05, 4.69) is 19.9 Å². The third-order valence-corrected chi connectivity index (χ3v) is 5.35. The summed E-state index contributed by atoms with van der Waals surface area (Å²) >= 11 is 0. The number of ether oxygens (including phenoxy) is 2. The van der Waals surface area contributed by atoms with Crippen LogP contribution >= 0.6 is 8.58 Å². The van der Waals surface area contributed by atoms with Gasteiger partial charge in [-0.05, 0) is 76.0 Å². The van der Waals surface area contributed by atoms with Crippen LogP contribution in [0.5, 0.6) is 5.75 Å². The minimum absolute atomic E-state index is 0. The summed E-state index contributed by atoms with van der Waals surface area (Å²) in [5, 5.41) is 1.02. The van der Waals surface area contributed by atoms with Crippen LogP contribution in [0.1, 0.15) is 34.0 Å². The van der Waals surface area contributed by atoms with Gasteiger partial charge in [0.2, 0.25) is 0 Å². The zero-order valence-corrected chi connectivity index (χ0v) is 17.0.